The van der Waals surface area contributed by atoms with Crippen LogP contribution in [0.3, 0.4) is 0 Å². The Balaban J connectivity index is 1.81. The van der Waals surface area contributed by atoms with Crippen molar-refractivity contribution in [2.45, 2.75) is 19.9 Å². The summed E-state index contributed by atoms with van der Waals surface area (Å²) in [6.07, 6.45) is 0. The fourth-order valence-corrected chi connectivity index (χ4v) is 3.10. The van der Waals surface area contributed by atoms with Crippen LogP contribution in [-0.2, 0) is 0 Å². The van der Waals surface area contributed by atoms with Crippen molar-refractivity contribution in [2.24, 2.45) is 0 Å². The third kappa shape index (κ3) is 3.78. The zero-order valence-corrected chi connectivity index (χ0v) is 16.3. The summed E-state index contributed by atoms with van der Waals surface area (Å²) in [5.74, 6) is -0.863. The molecule has 1 N–H and O–H groups in total. The van der Waals surface area contributed by atoms with Gasteiger partial charge in [-0.3, -0.25) is 4.79 Å². The highest BCUT2D eigenvalue weighted by atomic mass is 79.9. The Morgan fingerprint density at radius 3 is 2.77 bits per heavy atom. The predicted molar refractivity (Wildman–Crippen MR) is 101 cm³/mol. The molecule has 1 aromatic heterocycles. The zero-order valence-electron chi connectivity index (χ0n) is 14.0. The highest BCUT2D eigenvalue weighted by molar-refractivity contribution is 9.10. The molecule has 0 aliphatic carbocycles. The highest BCUT2D eigenvalue weighted by Crippen LogP contribution is 2.22. The number of benzene rings is 2. The molecule has 8 heteroatoms. The van der Waals surface area contributed by atoms with Crippen LogP contribution in [0.4, 0.5) is 4.39 Å². The van der Waals surface area contributed by atoms with Crippen LogP contribution >= 0.6 is 27.5 Å². The van der Waals surface area contributed by atoms with Crippen molar-refractivity contribution in [1.29, 1.82) is 0 Å². The van der Waals surface area contributed by atoms with E-state index in [1.165, 1.54) is 12.1 Å². The second-order valence-corrected chi connectivity index (χ2v) is 7.11. The molecule has 5 nitrogen and oxygen atoms in total. The third-order valence-electron chi connectivity index (χ3n) is 3.95. The molecule has 3 rings (SSSR count). The SMILES string of the molecule is Cc1c(C(=O)NC(C)c2ccc(F)c(Cl)c2)nnn1-c1cccc(Br)c1. The summed E-state index contributed by atoms with van der Waals surface area (Å²) in [5, 5.41) is 10.9. The van der Waals surface area contributed by atoms with Gasteiger partial charge in [0.05, 0.1) is 22.4 Å². The summed E-state index contributed by atoms with van der Waals surface area (Å²) < 4.78 is 15.8. The van der Waals surface area contributed by atoms with Crippen molar-refractivity contribution < 1.29 is 9.18 Å². The molecule has 0 aliphatic rings. The molecular formula is C18H15BrClFN4O. The van der Waals surface area contributed by atoms with E-state index in [1.54, 1.807) is 24.6 Å². The lowest BCUT2D eigenvalue weighted by Gasteiger charge is -2.14. The number of rotatable bonds is 4. The standard InChI is InChI=1S/C18H15BrClFN4O/c1-10(12-6-7-16(21)15(20)8-12)22-18(26)17-11(2)25(24-23-17)14-5-3-4-13(19)9-14/h3-10H,1-2H3,(H,22,26). The molecule has 0 spiro atoms. The van der Waals surface area contributed by atoms with Crippen molar-refractivity contribution in [1.82, 2.24) is 20.3 Å². The summed E-state index contributed by atoms with van der Waals surface area (Å²) in [4.78, 5) is 12.6. The minimum Gasteiger partial charge on any atom is -0.344 e. The summed E-state index contributed by atoms with van der Waals surface area (Å²) in [6.45, 7) is 3.56. The minimum absolute atomic E-state index is 0.0142. The van der Waals surface area contributed by atoms with E-state index in [2.05, 4.69) is 31.6 Å². The average Bonchev–Trinajstić information content (AvgIpc) is 2.99. The van der Waals surface area contributed by atoms with Gasteiger partial charge in [-0.25, -0.2) is 9.07 Å². The van der Waals surface area contributed by atoms with E-state index in [9.17, 15) is 9.18 Å². The number of hydrogen-bond donors (Lipinski definition) is 1. The average molecular weight is 438 g/mol. The Morgan fingerprint density at radius 2 is 2.08 bits per heavy atom. The molecule has 1 amide bonds. The Kier molecular flexibility index (Phi) is 5.38. The first-order chi connectivity index (χ1) is 12.4. The summed E-state index contributed by atoms with van der Waals surface area (Å²) in [5.41, 5.74) is 2.33. The van der Waals surface area contributed by atoms with Gasteiger partial charge >= 0.3 is 0 Å². The van der Waals surface area contributed by atoms with Gasteiger partial charge in [-0.15, -0.1) is 5.10 Å². The van der Waals surface area contributed by atoms with E-state index in [4.69, 9.17) is 11.6 Å². The van der Waals surface area contributed by atoms with Crippen molar-refractivity contribution in [2.75, 3.05) is 0 Å². The fraction of sp³-hybridized carbons (Fsp3) is 0.167. The van der Waals surface area contributed by atoms with Gasteiger partial charge in [0.15, 0.2) is 5.69 Å². The summed E-state index contributed by atoms with van der Waals surface area (Å²) in [7, 11) is 0. The molecule has 2 aromatic carbocycles. The van der Waals surface area contributed by atoms with Gasteiger partial charge in [0.1, 0.15) is 5.82 Å². The minimum atomic E-state index is -0.498. The lowest BCUT2D eigenvalue weighted by molar-refractivity contribution is 0.0934. The molecule has 0 bridgehead atoms. The molecule has 3 aromatic rings. The van der Waals surface area contributed by atoms with Crippen LogP contribution in [-0.4, -0.2) is 20.9 Å². The molecule has 0 saturated carbocycles. The van der Waals surface area contributed by atoms with E-state index >= 15 is 0 Å². The third-order valence-corrected chi connectivity index (χ3v) is 4.74. The van der Waals surface area contributed by atoms with Gasteiger partial charge in [0, 0.05) is 4.47 Å². The Bertz CT molecular complexity index is 976. The van der Waals surface area contributed by atoms with Crippen LogP contribution in [0, 0.1) is 12.7 Å². The van der Waals surface area contributed by atoms with Crippen molar-refractivity contribution in [3.63, 3.8) is 0 Å². The van der Waals surface area contributed by atoms with E-state index in [-0.39, 0.29) is 22.7 Å². The topological polar surface area (TPSA) is 59.8 Å². The van der Waals surface area contributed by atoms with Gasteiger partial charge in [0.25, 0.3) is 5.91 Å². The second kappa shape index (κ2) is 7.55. The van der Waals surface area contributed by atoms with Crippen LogP contribution in [0.5, 0.6) is 0 Å². The van der Waals surface area contributed by atoms with Gasteiger partial charge in [-0.2, -0.15) is 0 Å². The van der Waals surface area contributed by atoms with Crippen LogP contribution in [0.1, 0.15) is 34.7 Å². The van der Waals surface area contributed by atoms with Crippen LogP contribution < -0.4 is 5.32 Å². The number of amides is 1. The van der Waals surface area contributed by atoms with Crippen LogP contribution in [0.2, 0.25) is 5.02 Å². The quantitative estimate of drug-likeness (QED) is 0.648. The van der Waals surface area contributed by atoms with Crippen LogP contribution in [0.25, 0.3) is 5.69 Å². The first kappa shape index (κ1) is 18.5. The maximum Gasteiger partial charge on any atom is 0.274 e. The Morgan fingerprint density at radius 1 is 1.31 bits per heavy atom. The molecule has 0 radical (unpaired) electrons. The van der Waals surface area contributed by atoms with Crippen molar-refractivity contribution >= 4 is 33.4 Å². The monoisotopic (exact) mass is 436 g/mol. The Hall–Kier alpha value is -2.25. The molecule has 1 atom stereocenters. The molecule has 0 aliphatic heterocycles. The highest BCUT2D eigenvalue weighted by Gasteiger charge is 2.20. The number of halogens is 3. The smallest absolute Gasteiger partial charge is 0.274 e. The second-order valence-electron chi connectivity index (χ2n) is 5.78. The van der Waals surface area contributed by atoms with Gasteiger partial charge in [-0.05, 0) is 49.7 Å². The zero-order chi connectivity index (χ0) is 18.8. The molecule has 0 fully saturated rings. The fourth-order valence-electron chi connectivity index (χ4n) is 2.52. The maximum absolute atomic E-state index is 13.3. The van der Waals surface area contributed by atoms with E-state index in [1.807, 2.05) is 24.3 Å². The molecule has 26 heavy (non-hydrogen) atoms. The molecule has 134 valence electrons. The first-order valence-corrected chi connectivity index (χ1v) is 8.98. The van der Waals surface area contributed by atoms with Gasteiger partial charge < -0.3 is 5.32 Å². The molecular weight excluding hydrogens is 423 g/mol. The normalized spacial score (nSPS) is 12.0. The van der Waals surface area contributed by atoms with E-state index in [0.29, 0.717) is 11.3 Å². The summed E-state index contributed by atoms with van der Waals surface area (Å²) in [6, 6.07) is 11.5. The number of carbonyl (C=O) groups excluding carboxylic acids is 1. The molecule has 1 heterocycles. The number of nitrogens with one attached hydrogen (secondary N) is 1. The number of aromatic nitrogens is 3. The number of carbonyl (C=O) groups is 1. The summed E-state index contributed by atoms with van der Waals surface area (Å²) >= 11 is 9.21. The first-order valence-electron chi connectivity index (χ1n) is 7.81. The van der Waals surface area contributed by atoms with Gasteiger partial charge in [-0.1, -0.05) is 44.9 Å². The van der Waals surface area contributed by atoms with E-state index in [0.717, 1.165) is 10.2 Å². The Labute approximate surface area is 163 Å². The molecule has 0 saturated heterocycles. The molecule has 1 unspecified atom stereocenters. The van der Waals surface area contributed by atoms with Gasteiger partial charge in [0.2, 0.25) is 0 Å². The predicted octanol–water partition coefficient (Wildman–Crippen LogP) is 4.62. The maximum atomic E-state index is 13.3. The number of nitrogens with zero attached hydrogens (tertiary/aromatic N) is 3. The largest absolute Gasteiger partial charge is 0.344 e. The van der Waals surface area contributed by atoms with Crippen molar-refractivity contribution in [3.05, 3.63) is 74.7 Å². The van der Waals surface area contributed by atoms with Crippen molar-refractivity contribution in [3.8, 4) is 5.69 Å². The van der Waals surface area contributed by atoms with E-state index < -0.39 is 5.82 Å². The van der Waals surface area contributed by atoms with Crippen LogP contribution in [0.15, 0.2) is 46.9 Å². The lowest BCUT2D eigenvalue weighted by atomic mass is 10.1. The lowest BCUT2D eigenvalue weighted by Crippen LogP contribution is -2.27. The number of hydrogen-bond acceptors (Lipinski definition) is 3.